The number of hydrogen-bond donors (Lipinski definition) is 2. The van der Waals surface area contributed by atoms with Crippen molar-refractivity contribution >= 4 is 29.0 Å². The Kier molecular flexibility index (Phi) is 6.15. The second-order valence-electron chi connectivity index (χ2n) is 7.84. The minimum atomic E-state index is -0.706. The van der Waals surface area contributed by atoms with Crippen molar-refractivity contribution in [3.05, 3.63) is 71.0 Å². The first-order chi connectivity index (χ1) is 14.7. The number of rotatable bonds is 7. The number of nitrogens with one attached hydrogen (secondary N) is 1. The molecule has 1 aliphatic rings. The van der Waals surface area contributed by atoms with E-state index in [1.165, 1.54) is 7.11 Å². The lowest BCUT2D eigenvalue weighted by molar-refractivity contribution is -0.140. The highest BCUT2D eigenvalue weighted by Crippen LogP contribution is 2.43. The molecule has 31 heavy (non-hydrogen) atoms. The van der Waals surface area contributed by atoms with Crippen LogP contribution in [0.4, 0.5) is 5.69 Å². The summed E-state index contributed by atoms with van der Waals surface area (Å²) in [4.78, 5) is 26.6. The molecule has 0 saturated heterocycles. The van der Waals surface area contributed by atoms with Crippen molar-refractivity contribution in [1.82, 2.24) is 0 Å². The van der Waals surface area contributed by atoms with Crippen molar-refractivity contribution in [2.24, 2.45) is 5.73 Å². The molecule has 0 radical (unpaired) electrons. The number of carbonyl (C=O) groups excluding carboxylic acids is 2. The quantitative estimate of drug-likeness (QED) is 0.406. The molecule has 0 bridgehead atoms. The van der Waals surface area contributed by atoms with Gasteiger partial charge in [-0.1, -0.05) is 24.3 Å². The number of benzene rings is 2. The number of carbonyl (C=O) groups is 2. The molecule has 1 amide bonds. The van der Waals surface area contributed by atoms with Gasteiger partial charge in [-0.3, -0.25) is 19.9 Å². The molecule has 0 saturated carbocycles. The van der Waals surface area contributed by atoms with E-state index in [-0.39, 0.29) is 17.7 Å². The highest BCUT2D eigenvalue weighted by molar-refractivity contribution is 6.30. The van der Waals surface area contributed by atoms with Gasteiger partial charge >= 0.3 is 5.97 Å². The molecule has 0 aromatic heterocycles. The summed E-state index contributed by atoms with van der Waals surface area (Å²) in [6.07, 6.45) is 0.870. The summed E-state index contributed by atoms with van der Waals surface area (Å²) < 4.78 is 10.4. The lowest BCUT2D eigenvalue weighted by Gasteiger charge is -2.33. The molecule has 0 aliphatic carbocycles. The number of esters is 1. The average Bonchev–Trinajstić information content (AvgIpc) is 2.96. The molecule has 3 rings (SSSR count). The van der Waals surface area contributed by atoms with Crippen LogP contribution in [-0.2, 0) is 25.5 Å². The molecular weight excluding hydrogens is 394 g/mol. The summed E-state index contributed by atoms with van der Waals surface area (Å²) >= 11 is 0. The Balaban J connectivity index is 1.93. The zero-order chi connectivity index (χ0) is 22.8. The van der Waals surface area contributed by atoms with Gasteiger partial charge in [-0.05, 0) is 55.7 Å². The second-order valence-corrected chi connectivity index (χ2v) is 7.84. The molecule has 3 N–H and O–H groups in total. The van der Waals surface area contributed by atoms with Crippen LogP contribution in [0.15, 0.2) is 54.3 Å². The number of methoxy groups -OCH3 is 2. The zero-order valence-electron chi connectivity index (χ0n) is 18.2. The fourth-order valence-corrected chi connectivity index (χ4v) is 3.89. The lowest BCUT2D eigenvalue weighted by Crippen LogP contribution is -2.44. The van der Waals surface area contributed by atoms with Crippen LogP contribution in [0.3, 0.4) is 0 Å². The first-order valence-corrected chi connectivity index (χ1v) is 9.94. The van der Waals surface area contributed by atoms with Crippen LogP contribution in [0.2, 0.25) is 0 Å². The van der Waals surface area contributed by atoms with Crippen LogP contribution in [0.1, 0.15) is 37.0 Å². The van der Waals surface area contributed by atoms with E-state index in [9.17, 15) is 9.59 Å². The van der Waals surface area contributed by atoms with Crippen LogP contribution in [-0.4, -0.2) is 37.5 Å². The third kappa shape index (κ3) is 4.17. The molecule has 7 heteroatoms. The number of nitrogens with two attached hydrogens (primary N) is 1. The fourth-order valence-electron chi connectivity index (χ4n) is 3.89. The van der Waals surface area contributed by atoms with Gasteiger partial charge in [0.25, 0.3) is 5.91 Å². The molecule has 2 aromatic rings. The maximum Gasteiger partial charge on any atom is 0.305 e. The van der Waals surface area contributed by atoms with Crippen molar-refractivity contribution in [3.63, 3.8) is 0 Å². The lowest BCUT2D eigenvalue weighted by atomic mass is 9.97. The maximum atomic E-state index is 13.5. The van der Waals surface area contributed by atoms with E-state index in [4.69, 9.17) is 15.9 Å². The Morgan fingerprint density at radius 3 is 2.19 bits per heavy atom. The van der Waals surface area contributed by atoms with E-state index in [0.29, 0.717) is 35.4 Å². The highest BCUT2D eigenvalue weighted by Gasteiger charge is 2.47. The SMILES string of the molecule is COC(=O)CCc1ccc(C2=C(OC)C(C)(C)N(c3ccc(C(=N)N)cc3)C2=O)cc1. The summed E-state index contributed by atoms with van der Waals surface area (Å²) in [5.74, 6) is 0.130. The Hall–Kier alpha value is -3.61. The second kappa shape index (κ2) is 8.63. The number of nitrogen functional groups attached to an aromatic ring is 1. The van der Waals surface area contributed by atoms with E-state index < -0.39 is 5.54 Å². The van der Waals surface area contributed by atoms with E-state index in [0.717, 1.165) is 11.1 Å². The summed E-state index contributed by atoms with van der Waals surface area (Å²) in [5, 5.41) is 7.56. The molecule has 162 valence electrons. The minimum absolute atomic E-state index is 0.0257. The van der Waals surface area contributed by atoms with Gasteiger partial charge in [0.2, 0.25) is 0 Å². The normalized spacial score (nSPS) is 15.2. The summed E-state index contributed by atoms with van der Waals surface area (Å²) in [6, 6.07) is 14.6. The van der Waals surface area contributed by atoms with Crippen LogP contribution in [0.5, 0.6) is 0 Å². The van der Waals surface area contributed by atoms with Gasteiger partial charge in [-0.15, -0.1) is 0 Å². The van der Waals surface area contributed by atoms with Gasteiger partial charge in [-0.25, -0.2) is 0 Å². The highest BCUT2D eigenvalue weighted by atomic mass is 16.5. The number of amidine groups is 1. The van der Waals surface area contributed by atoms with Gasteiger partial charge in [0.05, 0.1) is 19.8 Å². The zero-order valence-corrected chi connectivity index (χ0v) is 18.2. The van der Waals surface area contributed by atoms with Crippen molar-refractivity contribution in [2.75, 3.05) is 19.1 Å². The first kappa shape index (κ1) is 22.1. The van der Waals surface area contributed by atoms with Crippen molar-refractivity contribution < 1.29 is 19.1 Å². The van der Waals surface area contributed by atoms with Crippen LogP contribution in [0.25, 0.3) is 5.57 Å². The molecule has 2 aromatic carbocycles. The van der Waals surface area contributed by atoms with Gasteiger partial charge in [0.1, 0.15) is 17.1 Å². The molecule has 0 atom stereocenters. The summed E-state index contributed by atoms with van der Waals surface area (Å²) in [6.45, 7) is 3.86. The predicted molar refractivity (Wildman–Crippen MR) is 120 cm³/mol. The van der Waals surface area contributed by atoms with Crippen LogP contribution < -0.4 is 10.6 Å². The standard InChI is InChI=1S/C24H27N3O4/c1-24(2)21(31-4)20(16-8-5-15(6-9-16)7-14-19(28)30-3)23(29)27(24)18-12-10-17(11-13-18)22(25)26/h5-6,8-13H,7,14H2,1-4H3,(H3,25,26). The Labute approximate surface area is 182 Å². The minimum Gasteiger partial charge on any atom is -0.498 e. The Morgan fingerprint density at radius 2 is 1.68 bits per heavy atom. The largest absolute Gasteiger partial charge is 0.498 e. The summed E-state index contributed by atoms with van der Waals surface area (Å²) in [5.41, 5.74) is 8.36. The maximum absolute atomic E-state index is 13.5. The average molecular weight is 421 g/mol. The van der Waals surface area contributed by atoms with Crippen molar-refractivity contribution in [3.8, 4) is 0 Å². The smallest absolute Gasteiger partial charge is 0.305 e. The topological polar surface area (TPSA) is 106 Å². The molecule has 7 nitrogen and oxygen atoms in total. The molecular formula is C24H27N3O4. The van der Waals surface area contributed by atoms with Gasteiger partial charge in [-0.2, -0.15) is 0 Å². The van der Waals surface area contributed by atoms with Crippen LogP contribution >= 0.6 is 0 Å². The Bertz CT molecular complexity index is 1040. The van der Waals surface area contributed by atoms with Gasteiger partial charge in [0.15, 0.2) is 0 Å². The van der Waals surface area contributed by atoms with E-state index in [2.05, 4.69) is 4.74 Å². The molecule has 0 spiro atoms. The first-order valence-electron chi connectivity index (χ1n) is 9.94. The number of ether oxygens (including phenoxy) is 2. The third-order valence-corrected chi connectivity index (χ3v) is 5.49. The number of anilines is 1. The number of nitrogens with zero attached hydrogens (tertiary/aromatic N) is 1. The number of amides is 1. The van der Waals surface area contributed by atoms with Gasteiger partial charge < -0.3 is 15.2 Å². The number of aryl methyl sites for hydroxylation is 1. The molecule has 0 fully saturated rings. The monoisotopic (exact) mass is 421 g/mol. The predicted octanol–water partition coefficient (Wildman–Crippen LogP) is 3.26. The molecule has 1 aliphatic heterocycles. The van der Waals surface area contributed by atoms with Gasteiger partial charge in [0, 0.05) is 17.7 Å². The molecule has 0 unspecified atom stereocenters. The van der Waals surface area contributed by atoms with Crippen molar-refractivity contribution in [2.45, 2.75) is 32.2 Å². The third-order valence-electron chi connectivity index (χ3n) is 5.49. The van der Waals surface area contributed by atoms with E-state index in [1.54, 1.807) is 36.3 Å². The van der Waals surface area contributed by atoms with Crippen LogP contribution in [0, 0.1) is 5.41 Å². The van der Waals surface area contributed by atoms with Crippen molar-refractivity contribution in [1.29, 1.82) is 5.41 Å². The number of hydrogen-bond acceptors (Lipinski definition) is 5. The van der Waals surface area contributed by atoms with E-state index in [1.807, 2.05) is 38.1 Å². The summed E-state index contributed by atoms with van der Waals surface area (Å²) in [7, 11) is 2.94. The Morgan fingerprint density at radius 1 is 1.06 bits per heavy atom. The van der Waals surface area contributed by atoms with E-state index >= 15 is 0 Å². The molecule has 1 heterocycles. The fraction of sp³-hybridized carbons (Fsp3) is 0.292.